The van der Waals surface area contributed by atoms with E-state index in [4.69, 9.17) is 10.2 Å². The number of piperidine rings is 1. The summed E-state index contributed by atoms with van der Waals surface area (Å²) in [6.07, 6.45) is 8.62. The van der Waals surface area contributed by atoms with E-state index in [2.05, 4.69) is 22.9 Å². The number of hydrogen-bond donors (Lipinski definition) is 3. The van der Waals surface area contributed by atoms with Gasteiger partial charge in [0.2, 0.25) is 0 Å². The molecule has 0 saturated carbocycles. The molecule has 1 atom stereocenters. The lowest BCUT2D eigenvalue weighted by Gasteiger charge is -2.26. The van der Waals surface area contributed by atoms with Gasteiger partial charge >= 0.3 is 0 Å². The van der Waals surface area contributed by atoms with Crippen molar-refractivity contribution in [1.29, 1.82) is 0 Å². The minimum absolute atomic E-state index is 0.451. The number of aromatic nitrogens is 2. The van der Waals surface area contributed by atoms with Crippen LogP contribution in [0, 0.1) is 0 Å². The lowest BCUT2D eigenvalue weighted by atomic mass is 10.1. The third-order valence-electron chi connectivity index (χ3n) is 4.71. The average molecular weight is 342 g/mol. The third kappa shape index (κ3) is 4.08. The lowest BCUT2D eigenvalue weighted by molar-refractivity contribution is -0.124. The Kier molecular flexibility index (Phi) is 5.83. The van der Waals surface area contributed by atoms with Crippen molar-refractivity contribution in [3.05, 3.63) is 35.7 Å². The molecule has 6 nitrogen and oxygen atoms in total. The highest BCUT2D eigenvalue weighted by Gasteiger charge is 2.21. The number of nitrogens with zero attached hydrogens (tertiary/aromatic N) is 2. The van der Waals surface area contributed by atoms with Gasteiger partial charge in [-0.1, -0.05) is 19.4 Å². The van der Waals surface area contributed by atoms with Gasteiger partial charge in [0.1, 0.15) is 5.82 Å². The highest BCUT2D eigenvalue weighted by atomic mass is 16.5. The monoisotopic (exact) mass is 342 g/mol. The second-order valence-corrected chi connectivity index (χ2v) is 6.56. The van der Waals surface area contributed by atoms with Gasteiger partial charge in [-0.2, -0.15) is 0 Å². The van der Waals surface area contributed by atoms with Gasteiger partial charge in [0.25, 0.3) is 5.91 Å². The molecular formula is C19H26N4O2. The zero-order valence-electron chi connectivity index (χ0n) is 14.7. The molecule has 1 unspecified atom stereocenters. The summed E-state index contributed by atoms with van der Waals surface area (Å²) < 4.78 is 2.41. The summed E-state index contributed by atoms with van der Waals surface area (Å²) in [7, 11) is 0. The van der Waals surface area contributed by atoms with Crippen LogP contribution in [-0.2, 0) is 11.2 Å². The highest BCUT2D eigenvalue weighted by molar-refractivity contribution is 5.91. The Bertz CT molecular complexity index is 760. The maximum atomic E-state index is 11.2. The van der Waals surface area contributed by atoms with Crippen LogP contribution in [0.5, 0.6) is 0 Å². The van der Waals surface area contributed by atoms with Crippen molar-refractivity contribution in [2.24, 2.45) is 0 Å². The van der Waals surface area contributed by atoms with Gasteiger partial charge in [-0.25, -0.2) is 10.5 Å². The number of amides is 1. The second-order valence-electron chi connectivity index (χ2n) is 6.56. The fraction of sp³-hybridized carbons (Fsp3) is 0.474. The van der Waals surface area contributed by atoms with Crippen LogP contribution in [0.1, 0.15) is 50.0 Å². The molecule has 0 bridgehead atoms. The Morgan fingerprint density at radius 3 is 3.12 bits per heavy atom. The first kappa shape index (κ1) is 17.6. The van der Waals surface area contributed by atoms with Crippen molar-refractivity contribution < 1.29 is 10.0 Å². The maximum Gasteiger partial charge on any atom is 0.267 e. The minimum atomic E-state index is -0.539. The average Bonchev–Trinajstić information content (AvgIpc) is 3.02. The summed E-state index contributed by atoms with van der Waals surface area (Å²) in [4.78, 5) is 16.0. The van der Waals surface area contributed by atoms with E-state index in [1.807, 2.05) is 12.1 Å². The minimum Gasteiger partial charge on any atom is -0.324 e. The van der Waals surface area contributed by atoms with Crippen LogP contribution in [0.2, 0.25) is 0 Å². The van der Waals surface area contributed by atoms with E-state index in [1.165, 1.54) is 18.9 Å². The Morgan fingerprint density at radius 2 is 2.40 bits per heavy atom. The molecule has 1 fully saturated rings. The summed E-state index contributed by atoms with van der Waals surface area (Å²) >= 11 is 0. The summed E-state index contributed by atoms with van der Waals surface area (Å²) in [6, 6.07) is 6.52. The molecule has 1 amide bonds. The van der Waals surface area contributed by atoms with E-state index < -0.39 is 5.91 Å². The zero-order chi connectivity index (χ0) is 17.6. The molecule has 1 saturated heterocycles. The molecule has 1 aliphatic heterocycles. The fourth-order valence-corrected chi connectivity index (χ4v) is 3.45. The van der Waals surface area contributed by atoms with E-state index in [9.17, 15) is 4.79 Å². The molecule has 2 heterocycles. The SMILES string of the molecule is CCCCc1nc2cc(/C=C/C(=O)NO)ccc2n1C1CCCNC1. The molecule has 6 heteroatoms. The molecule has 1 aromatic heterocycles. The van der Waals surface area contributed by atoms with Crippen LogP contribution in [0.25, 0.3) is 17.1 Å². The predicted octanol–water partition coefficient (Wildman–Crippen LogP) is 2.82. The van der Waals surface area contributed by atoms with Crippen molar-refractivity contribution >= 4 is 23.0 Å². The van der Waals surface area contributed by atoms with Crippen LogP contribution in [-0.4, -0.2) is 33.8 Å². The number of imidazole rings is 1. The number of unbranched alkanes of at least 4 members (excludes halogenated alkanes) is 1. The molecule has 3 N–H and O–H groups in total. The number of benzene rings is 1. The van der Waals surface area contributed by atoms with Crippen molar-refractivity contribution in [2.75, 3.05) is 13.1 Å². The molecule has 25 heavy (non-hydrogen) atoms. The molecule has 0 radical (unpaired) electrons. The van der Waals surface area contributed by atoms with Gasteiger partial charge in [-0.05, 0) is 49.6 Å². The summed E-state index contributed by atoms with van der Waals surface area (Å²) in [5, 5.41) is 12.1. The van der Waals surface area contributed by atoms with E-state index in [0.29, 0.717) is 6.04 Å². The normalized spacial score (nSPS) is 18.1. The van der Waals surface area contributed by atoms with Crippen molar-refractivity contribution in [1.82, 2.24) is 20.3 Å². The molecular weight excluding hydrogens is 316 g/mol. The molecule has 134 valence electrons. The molecule has 2 aromatic rings. The number of hydroxylamine groups is 1. The number of rotatable bonds is 6. The Balaban J connectivity index is 1.97. The van der Waals surface area contributed by atoms with E-state index >= 15 is 0 Å². The molecule has 1 aliphatic rings. The smallest absolute Gasteiger partial charge is 0.267 e. The molecule has 0 spiro atoms. The number of fused-ring (bicyclic) bond motifs is 1. The van der Waals surface area contributed by atoms with Crippen LogP contribution in [0.4, 0.5) is 0 Å². The lowest BCUT2D eigenvalue weighted by Crippen LogP contribution is -2.32. The highest BCUT2D eigenvalue weighted by Crippen LogP contribution is 2.27. The molecule has 0 aliphatic carbocycles. The first-order valence-electron chi connectivity index (χ1n) is 9.06. The van der Waals surface area contributed by atoms with Crippen LogP contribution < -0.4 is 10.8 Å². The maximum absolute atomic E-state index is 11.2. The van der Waals surface area contributed by atoms with Gasteiger partial charge in [-0.15, -0.1) is 0 Å². The van der Waals surface area contributed by atoms with Gasteiger partial charge in [0.15, 0.2) is 0 Å². The molecule has 3 rings (SSSR count). The number of carbonyl (C=O) groups is 1. The third-order valence-corrected chi connectivity index (χ3v) is 4.71. The number of hydrogen-bond acceptors (Lipinski definition) is 4. The summed E-state index contributed by atoms with van der Waals surface area (Å²) in [5.74, 6) is 0.613. The van der Waals surface area contributed by atoms with E-state index in [-0.39, 0.29) is 0 Å². The van der Waals surface area contributed by atoms with Crippen molar-refractivity contribution in [3.63, 3.8) is 0 Å². The van der Waals surface area contributed by atoms with Gasteiger partial charge in [0, 0.05) is 25.1 Å². The quantitative estimate of drug-likeness (QED) is 0.428. The van der Waals surface area contributed by atoms with Gasteiger partial charge in [-0.3, -0.25) is 10.0 Å². The van der Waals surface area contributed by atoms with Crippen LogP contribution in [0.3, 0.4) is 0 Å². The van der Waals surface area contributed by atoms with Crippen molar-refractivity contribution in [2.45, 2.75) is 45.1 Å². The largest absolute Gasteiger partial charge is 0.324 e. The second kappa shape index (κ2) is 8.27. The van der Waals surface area contributed by atoms with Crippen LogP contribution in [0.15, 0.2) is 24.3 Å². The first-order chi connectivity index (χ1) is 12.2. The topological polar surface area (TPSA) is 79.2 Å². The fourth-order valence-electron chi connectivity index (χ4n) is 3.45. The standard InChI is InChI=1S/C19H26N4O2/c1-2-3-6-18-21-16-12-14(8-10-19(24)22-25)7-9-17(16)23(18)15-5-4-11-20-13-15/h7-10,12,15,20,25H,2-6,11,13H2,1H3,(H,22,24)/b10-8+. The molecule has 1 aromatic carbocycles. The summed E-state index contributed by atoms with van der Waals surface area (Å²) in [6.45, 7) is 4.28. The summed E-state index contributed by atoms with van der Waals surface area (Å²) in [5.41, 5.74) is 4.61. The predicted molar refractivity (Wildman–Crippen MR) is 98.4 cm³/mol. The number of carbonyl (C=O) groups excluding carboxylic acids is 1. The zero-order valence-corrected chi connectivity index (χ0v) is 14.7. The van der Waals surface area contributed by atoms with Crippen molar-refractivity contribution in [3.8, 4) is 0 Å². The number of nitrogens with one attached hydrogen (secondary N) is 2. The Morgan fingerprint density at radius 1 is 1.52 bits per heavy atom. The van der Waals surface area contributed by atoms with E-state index in [0.717, 1.165) is 54.8 Å². The van der Waals surface area contributed by atoms with Crippen LogP contribution >= 0.6 is 0 Å². The Hall–Kier alpha value is -2.18. The van der Waals surface area contributed by atoms with E-state index in [1.54, 1.807) is 11.6 Å². The first-order valence-corrected chi connectivity index (χ1v) is 9.06. The Labute approximate surface area is 147 Å². The number of aryl methyl sites for hydroxylation is 1. The van der Waals surface area contributed by atoms with Gasteiger partial charge < -0.3 is 9.88 Å². The van der Waals surface area contributed by atoms with Gasteiger partial charge in [0.05, 0.1) is 11.0 Å².